The molecule has 0 spiro atoms. The second kappa shape index (κ2) is 8.20. The Morgan fingerprint density at radius 3 is 2.21 bits per heavy atom. The fourth-order valence-corrected chi connectivity index (χ4v) is 4.01. The normalized spacial score (nSPS) is 11.1. The van der Waals surface area contributed by atoms with Gasteiger partial charge in [0.2, 0.25) is 15.6 Å². The number of benzene rings is 3. The van der Waals surface area contributed by atoms with Crippen molar-refractivity contribution in [2.45, 2.75) is 9.79 Å². The highest BCUT2D eigenvalue weighted by Gasteiger charge is 2.25. The summed E-state index contributed by atoms with van der Waals surface area (Å²) in [6, 6.07) is 14.4. The first-order valence-corrected chi connectivity index (χ1v) is 10.2. The van der Waals surface area contributed by atoms with Gasteiger partial charge in [-0.25, -0.2) is 13.2 Å². The number of carbonyl (C=O) groups excluding carboxylic acids is 1. The Bertz CT molecular complexity index is 1210. The molecule has 0 aromatic heterocycles. The smallest absolute Gasteiger partial charge is 0.343 e. The Labute approximate surface area is 175 Å². The van der Waals surface area contributed by atoms with Crippen LogP contribution in [0.15, 0.2) is 76.5 Å². The molecule has 0 saturated heterocycles. The molecule has 7 nitrogen and oxygen atoms in total. The van der Waals surface area contributed by atoms with Crippen LogP contribution >= 0.6 is 23.2 Å². The molecular weight excluding hydrogens is 441 g/mol. The van der Waals surface area contributed by atoms with E-state index in [1.54, 1.807) is 18.2 Å². The Balaban J connectivity index is 2.03. The third-order valence-corrected chi connectivity index (χ3v) is 6.36. The van der Waals surface area contributed by atoms with Crippen molar-refractivity contribution in [3.05, 3.63) is 92.5 Å². The summed E-state index contributed by atoms with van der Waals surface area (Å²) in [4.78, 5) is 22.6. The van der Waals surface area contributed by atoms with Crippen LogP contribution in [0.1, 0.15) is 10.4 Å². The van der Waals surface area contributed by atoms with E-state index in [1.165, 1.54) is 30.3 Å². The van der Waals surface area contributed by atoms with Crippen molar-refractivity contribution in [3.8, 4) is 5.75 Å². The topological polar surface area (TPSA) is 104 Å². The zero-order valence-electron chi connectivity index (χ0n) is 14.4. The number of hydrogen-bond donors (Lipinski definition) is 0. The van der Waals surface area contributed by atoms with Crippen LogP contribution < -0.4 is 4.74 Å². The highest BCUT2D eigenvalue weighted by atomic mass is 35.5. The highest BCUT2D eigenvalue weighted by molar-refractivity contribution is 7.91. The van der Waals surface area contributed by atoms with E-state index in [0.29, 0.717) is 0 Å². The van der Waals surface area contributed by atoms with Crippen LogP contribution in [-0.4, -0.2) is 19.3 Å². The Hall–Kier alpha value is -2.94. The van der Waals surface area contributed by atoms with E-state index in [9.17, 15) is 23.3 Å². The van der Waals surface area contributed by atoms with Gasteiger partial charge in [-0.1, -0.05) is 41.4 Å². The maximum Gasteiger partial charge on any atom is 0.343 e. The molecule has 0 fully saturated rings. The number of nitrogens with zero attached hydrogens (tertiary/aromatic N) is 1. The van der Waals surface area contributed by atoms with Gasteiger partial charge in [0.15, 0.2) is 0 Å². The highest BCUT2D eigenvalue weighted by Crippen LogP contribution is 2.33. The first-order chi connectivity index (χ1) is 13.7. The lowest BCUT2D eigenvalue weighted by Gasteiger charge is -2.09. The molecule has 0 aliphatic heterocycles. The molecule has 29 heavy (non-hydrogen) atoms. The minimum atomic E-state index is -3.97. The molecule has 0 radical (unpaired) electrons. The largest absolute Gasteiger partial charge is 0.415 e. The van der Waals surface area contributed by atoms with Gasteiger partial charge in [-0.05, 0) is 36.4 Å². The van der Waals surface area contributed by atoms with Crippen LogP contribution in [0.25, 0.3) is 0 Å². The number of sulfone groups is 1. The van der Waals surface area contributed by atoms with Crippen LogP contribution in [-0.2, 0) is 9.84 Å². The van der Waals surface area contributed by atoms with Gasteiger partial charge in [-0.3, -0.25) is 10.1 Å². The van der Waals surface area contributed by atoms with Crippen molar-refractivity contribution in [1.29, 1.82) is 0 Å². The summed E-state index contributed by atoms with van der Waals surface area (Å²) in [5.41, 5.74) is -0.574. The Kier molecular flexibility index (Phi) is 5.88. The first kappa shape index (κ1) is 20.8. The summed E-state index contributed by atoms with van der Waals surface area (Å²) in [5, 5.41) is 11.6. The zero-order chi connectivity index (χ0) is 21.2. The van der Waals surface area contributed by atoms with Crippen molar-refractivity contribution in [3.63, 3.8) is 0 Å². The van der Waals surface area contributed by atoms with E-state index < -0.39 is 32.2 Å². The van der Waals surface area contributed by atoms with Crippen LogP contribution in [0.5, 0.6) is 5.75 Å². The number of nitro benzene ring substituents is 1. The van der Waals surface area contributed by atoms with Gasteiger partial charge in [0.1, 0.15) is 0 Å². The second-order valence-corrected chi connectivity index (χ2v) is 8.49. The van der Waals surface area contributed by atoms with Crippen LogP contribution in [0.3, 0.4) is 0 Å². The van der Waals surface area contributed by atoms with Crippen LogP contribution in [0.2, 0.25) is 10.0 Å². The van der Waals surface area contributed by atoms with E-state index in [-0.39, 0.29) is 25.4 Å². The molecule has 0 N–H and O–H groups in total. The van der Waals surface area contributed by atoms with Crippen molar-refractivity contribution >= 4 is 44.7 Å². The fourth-order valence-electron chi connectivity index (χ4n) is 2.41. The predicted molar refractivity (Wildman–Crippen MR) is 106 cm³/mol. The third-order valence-electron chi connectivity index (χ3n) is 3.85. The summed E-state index contributed by atoms with van der Waals surface area (Å²) in [7, 11) is -3.97. The van der Waals surface area contributed by atoms with E-state index in [0.717, 1.165) is 18.2 Å². The molecule has 0 bridgehead atoms. The molecule has 0 amide bonds. The molecule has 0 unspecified atom stereocenters. The van der Waals surface area contributed by atoms with Gasteiger partial charge < -0.3 is 4.74 Å². The standard InChI is InChI=1S/C19H11Cl2NO6S/c20-15-8-6-12(10-16(15)21)19(23)28-18-11-14(7-9-17(18)22(24)25)29(26,27)13-4-2-1-3-5-13/h1-11H. The number of esters is 1. The lowest BCUT2D eigenvalue weighted by Crippen LogP contribution is -2.11. The van der Waals surface area contributed by atoms with E-state index in [4.69, 9.17) is 27.9 Å². The summed E-state index contributed by atoms with van der Waals surface area (Å²) in [5.74, 6) is -1.47. The molecule has 10 heteroatoms. The van der Waals surface area contributed by atoms with Gasteiger partial charge >= 0.3 is 11.7 Å². The summed E-state index contributed by atoms with van der Waals surface area (Å²) in [6.45, 7) is 0. The number of carbonyl (C=O) groups is 1. The number of nitro groups is 1. The first-order valence-electron chi connectivity index (χ1n) is 7.96. The third kappa shape index (κ3) is 4.40. The van der Waals surface area contributed by atoms with Crippen molar-refractivity contribution in [1.82, 2.24) is 0 Å². The average Bonchev–Trinajstić information content (AvgIpc) is 2.70. The van der Waals surface area contributed by atoms with Gasteiger partial charge in [-0.2, -0.15) is 0 Å². The quantitative estimate of drug-likeness (QED) is 0.235. The van der Waals surface area contributed by atoms with Crippen molar-refractivity contribution in [2.24, 2.45) is 0 Å². The Morgan fingerprint density at radius 1 is 0.897 bits per heavy atom. The lowest BCUT2D eigenvalue weighted by molar-refractivity contribution is -0.385. The van der Waals surface area contributed by atoms with Gasteiger partial charge in [0.05, 0.1) is 30.3 Å². The number of halogens is 2. The zero-order valence-corrected chi connectivity index (χ0v) is 16.7. The minimum Gasteiger partial charge on any atom is -0.415 e. The lowest BCUT2D eigenvalue weighted by atomic mass is 10.2. The van der Waals surface area contributed by atoms with E-state index in [2.05, 4.69) is 0 Å². The van der Waals surface area contributed by atoms with E-state index in [1.807, 2.05) is 0 Å². The van der Waals surface area contributed by atoms with Crippen molar-refractivity contribution in [2.75, 3.05) is 0 Å². The number of hydrogen-bond acceptors (Lipinski definition) is 6. The van der Waals surface area contributed by atoms with Gasteiger partial charge in [0, 0.05) is 12.1 Å². The Morgan fingerprint density at radius 2 is 1.59 bits per heavy atom. The van der Waals surface area contributed by atoms with Gasteiger partial charge in [0.25, 0.3) is 0 Å². The summed E-state index contributed by atoms with van der Waals surface area (Å²) >= 11 is 11.7. The van der Waals surface area contributed by atoms with Gasteiger partial charge in [-0.15, -0.1) is 0 Å². The molecule has 0 heterocycles. The molecule has 3 aromatic carbocycles. The molecule has 148 valence electrons. The maximum absolute atomic E-state index is 12.8. The fraction of sp³-hybridized carbons (Fsp3) is 0. The molecule has 3 aromatic rings. The molecular formula is C19H11Cl2NO6S. The predicted octanol–water partition coefficient (Wildman–Crippen LogP) is 4.95. The number of ether oxygens (including phenoxy) is 1. The molecule has 0 atom stereocenters. The molecule has 0 saturated carbocycles. The molecule has 3 rings (SSSR count). The monoisotopic (exact) mass is 451 g/mol. The summed E-state index contributed by atoms with van der Waals surface area (Å²) < 4.78 is 30.6. The molecule has 0 aliphatic rings. The average molecular weight is 452 g/mol. The van der Waals surface area contributed by atoms with Crippen LogP contribution in [0, 0.1) is 10.1 Å². The second-order valence-electron chi connectivity index (χ2n) is 5.72. The summed E-state index contributed by atoms with van der Waals surface area (Å²) in [6.07, 6.45) is 0. The van der Waals surface area contributed by atoms with E-state index >= 15 is 0 Å². The number of rotatable bonds is 5. The SMILES string of the molecule is O=C(Oc1cc(S(=O)(=O)c2ccccc2)ccc1[N+](=O)[O-])c1ccc(Cl)c(Cl)c1. The maximum atomic E-state index is 12.8. The molecule has 0 aliphatic carbocycles. The van der Waals surface area contributed by atoms with Crippen molar-refractivity contribution < 1.29 is 22.9 Å². The van der Waals surface area contributed by atoms with Crippen LogP contribution in [0.4, 0.5) is 5.69 Å². The minimum absolute atomic E-state index is 0.00406.